The number of nitrogens with zero attached hydrogens (tertiary/aromatic N) is 2. The number of aryl methyl sites for hydroxylation is 1. The number of carbonyl (C=O) groups excluding carboxylic acids is 2. The van der Waals surface area contributed by atoms with E-state index >= 15 is 4.39 Å². The first kappa shape index (κ1) is 32.0. The topological polar surface area (TPSA) is 119 Å². The van der Waals surface area contributed by atoms with Crippen molar-refractivity contribution < 1.29 is 32.1 Å². The lowest BCUT2D eigenvalue weighted by Crippen LogP contribution is -2.35. The van der Waals surface area contributed by atoms with Gasteiger partial charge in [0.05, 0.1) is 15.4 Å². The van der Waals surface area contributed by atoms with Gasteiger partial charge in [-0.3, -0.25) is 4.79 Å². The van der Waals surface area contributed by atoms with Gasteiger partial charge < -0.3 is 20.1 Å². The zero-order chi connectivity index (χ0) is 29.4. The molecule has 214 valence electrons. The number of benzene rings is 1. The highest BCUT2D eigenvalue weighted by Crippen LogP contribution is 2.30. The maximum absolute atomic E-state index is 15.9. The van der Waals surface area contributed by atoms with Gasteiger partial charge in [0.15, 0.2) is 5.76 Å². The smallest absolute Gasteiger partial charge is 0.408 e. The molecule has 0 radical (unpaired) electrons. The first-order valence-electron chi connectivity index (χ1n) is 11.9. The summed E-state index contributed by atoms with van der Waals surface area (Å²) in [5.41, 5.74) is -0.307. The van der Waals surface area contributed by atoms with Gasteiger partial charge in [0, 0.05) is 22.7 Å². The van der Waals surface area contributed by atoms with Gasteiger partial charge in [0.25, 0.3) is 5.91 Å². The van der Waals surface area contributed by atoms with Crippen molar-refractivity contribution in [2.24, 2.45) is 4.36 Å². The third-order valence-corrected chi connectivity index (χ3v) is 6.73. The lowest BCUT2D eigenvalue weighted by atomic mass is 10.1. The summed E-state index contributed by atoms with van der Waals surface area (Å²) in [4.78, 5) is 27.9. The molecule has 2 unspecified atom stereocenters. The van der Waals surface area contributed by atoms with E-state index in [0.29, 0.717) is 0 Å². The van der Waals surface area contributed by atoms with Crippen LogP contribution in [0.25, 0.3) is 0 Å². The molecule has 39 heavy (non-hydrogen) atoms. The molecular formula is C26H33ClF2N4O5S. The van der Waals surface area contributed by atoms with Gasteiger partial charge in [0.1, 0.15) is 17.9 Å². The Morgan fingerprint density at radius 3 is 2.51 bits per heavy atom. The average molecular weight is 587 g/mol. The van der Waals surface area contributed by atoms with Crippen LogP contribution in [-0.4, -0.2) is 51.3 Å². The number of allylic oxidation sites excluding steroid dienone is 1. The van der Waals surface area contributed by atoms with Crippen molar-refractivity contribution in [2.75, 3.05) is 24.0 Å². The molecule has 0 aliphatic heterocycles. The van der Waals surface area contributed by atoms with Crippen molar-refractivity contribution in [1.82, 2.24) is 10.3 Å². The number of alkyl halides is 2. The standard InChI is InChI=1S/C26H33ClF2N4O5S/c1-17-20(12-13-22(28)31-17)37-21(11-8-14-27)26(5,29)32-18-9-7-10-19(15-18)39(6,36)33-23(34)16-30-24(35)38-25(2,3)4/h7,9-13,15,32H,8,14,16H2,1-6H3,(H,30,35)/b21-11+. The Bertz CT molecular complexity index is 1350. The molecule has 0 spiro atoms. The van der Waals surface area contributed by atoms with Crippen molar-refractivity contribution in [3.05, 3.63) is 59.9 Å². The molecule has 1 heterocycles. The van der Waals surface area contributed by atoms with Gasteiger partial charge in [-0.1, -0.05) is 6.07 Å². The number of hydrogen-bond acceptors (Lipinski definition) is 7. The number of anilines is 1. The number of rotatable bonds is 10. The Morgan fingerprint density at radius 2 is 1.90 bits per heavy atom. The van der Waals surface area contributed by atoms with Gasteiger partial charge in [-0.05, 0) is 77.4 Å². The molecule has 0 fully saturated rings. The molecule has 0 saturated carbocycles. The van der Waals surface area contributed by atoms with E-state index in [0.717, 1.165) is 6.07 Å². The van der Waals surface area contributed by atoms with Crippen molar-refractivity contribution >= 4 is 39.0 Å². The van der Waals surface area contributed by atoms with Crippen molar-refractivity contribution in [1.29, 1.82) is 0 Å². The van der Waals surface area contributed by atoms with Crippen LogP contribution in [0, 0.1) is 12.9 Å². The Hall–Kier alpha value is -3.25. The molecule has 2 atom stereocenters. The van der Waals surface area contributed by atoms with E-state index in [1.807, 2.05) is 0 Å². The van der Waals surface area contributed by atoms with Gasteiger partial charge in [0.2, 0.25) is 11.7 Å². The van der Waals surface area contributed by atoms with Gasteiger partial charge >= 0.3 is 6.09 Å². The van der Waals surface area contributed by atoms with Crippen LogP contribution in [0.15, 0.2) is 57.5 Å². The first-order chi connectivity index (χ1) is 18.0. The summed E-state index contributed by atoms with van der Waals surface area (Å²) in [5, 5.41) is 4.95. The first-order valence-corrected chi connectivity index (χ1v) is 14.3. The fraction of sp³-hybridized carbons (Fsp3) is 0.423. The molecule has 1 aromatic carbocycles. The Morgan fingerprint density at radius 1 is 1.21 bits per heavy atom. The summed E-state index contributed by atoms with van der Waals surface area (Å²) in [7, 11) is -3.25. The van der Waals surface area contributed by atoms with Crippen LogP contribution in [0.5, 0.6) is 5.75 Å². The number of pyridine rings is 1. The third kappa shape index (κ3) is 10.4. The van der Waals surface area contributed by atoms with Gasteiger partial charge in [-0.2, -0.15) is 8.75 Å². The predicted octanol–water partition coefficient (Wildman–Crippen LogP) is 5.73. The molecule has 0 saturated heterocycles. The van der Waals surface area contributed by atoms with Crippen molar-refractivity contribution in [2.45, 2.75) is 57.3 Å². The maximum Gasteiger partial charge on any atom is 0.408 e. The SMILES string of the molecule is Cc1nc(F)ccc1O/C(=C/CCCl)C(C)(F)Nc1cccc(S(C)(=O)=NC(=O)CNC(=O)OC(C)(C)C)c1. The van der Waals surface area contributed by atoms with E-state index in [1.54, 1.807) is 20.8 Å². The Balaban J connectivity index is 2.24. The fourth-order valence-corrected chi connectivity index (χ4v) is 4.49. The summed E-state index contributed by atoms with van der Waals surface area (Å²) in [6.45, 7) is 7.24. The minimum absolute atomic E-state index is 0.143. The minimum Gasteiger partial charge on any atom is -0.455 e. The van der Waals surface area contributed by atoms with Crippen LogP contribution in [0.2, 0.25) is 0 Å². The fourth-order valence-electron chi connectivity index (χ4n) is 3.14. The number of ether oxygens (including phenoxy) is 2. The van der Waals surface area contributed by atoms with Crippen molar-refractivity contribution in [3.63, 3.8) is 0 Å². The van der Waals surface area contributed by atoms with E-state index in [2.05, 4.69) is 20.0 Å². The maximum atomic E-state index is 15.9. The molecule has 0 bridgehead atoms. The summed E-state index contributed by atoms with van der Waals surface area (Å²) in [6.07, 6.45) is 2.19. The van der Waals surface area contributed by atoms with Crippen LogP contribution in [-0.2, 0) is 19.3 Å². The second-order valence-corrected chi connectivity index (χ2v) is 12.3. The summed E-state index contributed by atoms with van der Waals surface area (Å²) in [6, 6.07) is 8.36. The highest BCUT2D eigenvalue weighted by molar-refractivity contribution is 7.93. The monoisotopic (exact) mass is 586 g/mol. The normalized spacial score (nSPS) is 14.9. The molecule has 0 aliphatic rings. The van der Waals surface area contributed by atoms with Crippen LogP contribution >= 0.6 is 11.6 Å². The zero-order valence-corrected chi connectivity index (χ0v) is 24.2. The van der Waals surface area contributed by atoms with Gasteiger partial charge in [-0.25, -0.2) is 18.4 Å². The number of carbonyl (C=O) groups is 2. The quantitative estimate of drug-likeness (QED) is 0.158. The zero-order valence-electron chi connectivity index (χ0n) is 22.6. The number of hydrogen-bond donors (Lipinski definition) is 2. The number of aromatic nitrogens is 1. The van der Waals surface area contributed by atoms with Crippen LogP contribution in [0.1, 0.15) is 39.8 Å². The molecular weight excluding hydrogens is 554 g/mol. The van der Waals surface area contributed by atoms with E-state index in [1.165, 1.54) is 56.5 Å². The molecule has 1 aromatic heterocycles. The molecule has 2 N–H and O–H groups in total. The number of amides is 2. The highest BCUT2D eigenvalue weighted by Gasteiger charge is 2.31. The summed E-state index contributed by atoms with van der Waals surface area (Å²) < 4.78 is 57.1. The van der Waals surface area contributed by atoms with E-state index < -0.39 is 45.6 Å². The van der Waals surface area contributed by atoms with Crippen LogP contribution < -0.4 is 15.4 Å². The van der Waals surface area contributed by atoms with E-state index in [9.17, 15) is 18.2 Å². The second kappa shape index (κ2) is 13.2. The lowest BCUT2D eigenvalue weighted by molar-refractivity contribution is -0.116. The lowest BCUT2D eigenvalue weighted by Gasteiger charge is -2.27. The second-order valence-electron chi connectivity index (χ2n) is 9.66. The number of nitrogens with one attached hydrogen (secondary N) is 2. The Kier molecular flexibility index (Phi) is 10.8. The number of halogens is 3. The minimum atomic E-state index is -3.25. The summed E-state index contributed by atoms with van der Waals surface area (Å²) in [5.74, 6) is -3.60. The predicted molar refractivity (Wildman–Crippen MR) is 147 cm³/mol. The molecule has 9 nitrogen and oxygen atoms in total. The van der Waals surface area contributed by atoms with E-state index in [4.69, 9.17) is 21.1 Å². The molecule has 2 aromatic rings. The molecule has 0 aliphatic carbocycles. The molecule has 2 amide bonds. The highest BCUT2D eigenvalue weighted by atomic mass is 35.5. The third-order valence-electron chi connectivity index (χ3n) is 4.83. The Labute approximate surface area is 232 Å². The summed E-state index contributed by atoms with van der Waals surface area (Å²) >= 11 is 5.79. The number of alkyl carbamates (subject to hydrolysis) is 1. The molecule has 2 rings (SSSR count). The van der Waals surface area contributed by atoms with Crippen LogP contribution in [0.3, 0.4) is 0 Å². The largest absolute Gasteiger partial charge is 0.455 e. The van der Waals surface area contributed by atoms with Gasteiger partial charge in [-0.15, -0.1) is 11.6 Å². The van der Waals surface area contributed by atoms with Crippen molar-refractivity contribution in [3.8, 4) is 5.75 Å². The molecule has 13 heteroatoms. The van der Waals surface area contributed by atoms with Crippen LogP contribution in [0.4, 0.5) is 19.3 Å². The average Bonchev–Trinajstić information content (AvgIpc) is 2.80. The van der Waals surface area contributed by atoms with E-state index in [-0.39, 0.29) is 40.1 Å².